The molecule has 0 fully saturated rings. The second kappa shape index (κ2) is 11.6. The first kappa shape index (κ1) is 26.6. The van der Waals surface area contributed by atoms with Gasteiger partial charge in [-0.05, 0) is 56.9 Å². The maximum absolute atomic E-state index is 13.5. The molecule has 2 aromatic carbocycles. The first-order chi connectivity index (χ1) is 16.5. The van der Waals surface area contributed by atoms with Crippen molar-refractivity contribution in [2.75, 3.05) is 13.1 Å². The molecule has 0 saturated carbocycles. The van der Waals surface area contributed by atoms with Gasteiger partial charge in [0.05, 0.1) is 27.9 Å². The van der Waals surface area contributed by atoms with Crippen LogP contribution in [0.3, 0.4) is 0 Å². The van der Waals surface area contributed by atoms with Crippen molar-refractivity contribution in [1.29, 1.82) is 0 Å². The minimum absolute atomic E-state index is 0.0744. The van der Waals surface area contributed by atoms with E-state index in [1.165, 1.54) is 11.3 Å². The van der Waals surface area contributed by atoms with Crippen LogP contribution in [0.2, 0.25) is 0 Å². The smallest absolute Gasteiger partial charge is 0.407 e. The quantitative estimate of drug-likeness (QED) is 0.439. The average Bonchev–Trinajstić information content (AvgIpc) is 3.24. The number of amides is 2. The molecule has 7 nitrogen and oxygen atoms in total. The topological polar surface area (TPSA) is 91.8 Å². The van der Waals surface area contributed by atoms with Gasteiger partial charge in [0.25, 0.3) is 5.91 Å². The molecule has 0 aliphatic heterocycles. The number of benzene rings is 2. The van der Waals surface area contributed by atoms with Gasteiger partial charge < -0.3 is 20.1 Å². The third-order valence-corrected chi connectivity index (χ3v) is 6.12. The largest absolute Gasteiger partial charge is 0.444 e. The summed E-state index contributed by atoms with van der Waals surface area (Å²) >= 11 is 1.48. The molecule has 2 amide bonds. The third-order valence-electron chi connectivity index (χ3n) is 5.32. The number of nitrogens with one attached hydrogen (secondary N) is 1. The predicted octanol–water partition coefficient (Wildman–Crippen LogP) is 4.89. The summed E-state index contributed by atoms with van der Waals surface area (Å²) in [5.41, 5.74) is 3.46. The molecule has 8 heteroatoms. The highest BCUT2D eigenvalue weighted by Gasteiger charge is 2.29. The van der Waals surface area contributed by atoms with Crippen molar-refractivity contribution < 1.29 is 19.4 Å². The zero-order chi connectivity index (χ0) is 25.6. The minimum Gasteiger partial charge on any atom is -0.444 e. The van der Waals surface area contributed by atoms with Crippen LogP contribution in [-0.2, 0) is 11.2 Å². The molecule has 0 bridgehead atoms. The van der Waals surface area contributed by atoms with Crippen molar-refractivity contribution in [3.8, 4) is 0 Å². The van der Waals surface area contributed by atoms with Crippen molar-refractivity contribution >= 4 is 33.6 Å². The zero-order valence-corrected chi connectivity index (χ0v) is 21.8. The molecule has 0 aliphatic carbocycles. The van der Waals surface area contributed by atoms with Crippen LogP contribution in [0.25, 0.3) is 10.2 Å². The van der Waals surface area contributed by atoms with Gasteiger partial charge in [0.15, 0.2) is 0 Å². The summed E-state index contributed by atoms with van der Waals surface area (Å²) in [5, 5.41) is 14.1. The summed E-state index contributed by atoms with van der Waals surface area (Å²) in [6.45, 7) is 9.97. The van der Waals surface area contributed by atoms with Gasteiger partial charge in [0, 0.05) is 18.7 Å². The number of fused-ring (bicyclic) bond motifs is 1. The van der Waals surface area contributed by atoms with Gasteiger partial charge in [-0.1, -0.05) is 44.2 Å². The Hall–Kier alpha value is -2.97. The SMILES string of the molecule is CC(C)CN(CC(O)C(Cc1ccccc1)NC(=O)OC(C)(C)C)C(=O)c1ccc2ncsc2c1. The molecule has 0 spiro atoms. The first-order valence-electron chi connectivity index (χ1n) is 11.9. The lowest BCUT2D eigenvalue weighted by Gasteiger charge is -2.32. The minimum atomic E-state index is -1.00. The molecule has 3 aromatic rings. The van der Waals surface area contributed by atoms with Crippen molar-refractivity contribution in [1.82, 2.24) is 15.2 Å². The van der Waals surface area contributed by atoms with Crippen molar-refractivity contribution in [3.05, 3.63) is 65.2 Å². The standard InChI is InChI=1S/C27H35N3O4S/c1-18(2)15-30(25(32)20-11-12-21-24(14-20)35-17-28-21)16-23(31)22(13-19-9-7-6-8-10-19)29-26(33)34-27(3,4)5/h6-12,14,17-18,22-23,31H,13,15-16H2,1-5H3,(H,29,33). The van der Waals surface area contributed by atoms with E-state index in [2.05, 4.69) is 10.3 Å². The van der Waals surface area contributed by atoms with Crippen LogP contribution >= 0.6 is 11.3 Å². The number of carbonyl (C=O) groups excluding carboxylic acids is 2. The lowest BCUT2D eigenvalue weighted by molar-refractivity contribution is 0.0340. The first-order valence-corrected chi connectivity index (χ1v) is 12.7. The van der Waals surface area contributed by atoms with Crippen LogP contribution < -0.4 is 5.32 Å². The highest BCUT2D eigenvalue weighted by Crippen LogP contribution is 2.21. The summed E-state index contributed by atoms with van der Waals surface area (Å²) < 4.78 is 6.37. The highest BCUT2D eigenvalue weighted by molar-refractivity contribution is 7.16. The molecule has 2 N–H and O–H groups in total. The maximum Gasteiger partial charge on any atom is 0.407 e. The van der Waals surface area contributed by atoms with E-state index in [1.54, 1.807) is 37.2 Å². The molecule has 0 aliphatic rings. The summed E-state index contributed by atoms with van der Waals surface area (Å²) in [7, 11) is 0. The van der Waals surface area contributed by atoms with Gasteiger partial charge in [0.2, 0.25) is 0 Å². The molecule has 1 aromatic heterocycles. The maximum atomic E-state index is 13.5. The molecule has 35 heavy (non-hydrogen) atoms. The van der Waals surface area contributed by atoms with Gasteiger partial charge in [-0.3, -0.25) is 4.79 Å². The number of alkyl carbamates (subject to hydrolysis) is 1. The summed E-state index contributed by atoms with van der Waals surface area (Å²) in [6.07, 6.45) is -1.20. The molecule has 188 valence electrons. The normalized spacial score (nSPS) is 13.5. The summed E-state index contributed by atoms with van der Waals surface area (Å²) in [6, 6.07) is 14.4. The van der Waals surface area contributed by atoms with Gasteiger partial charge in [-0.2, -0.15) is 0 Å². The number of carbonyl (C=O) groups is 2. The summed E-state index contributed by atoms with van der Waals surface area (Å²) in [4.78, 5) is 31.9. The number of nitrogens with zero attached hydrogens (tertiary/aromatic N) is 2. The van der Waals surface area contributed by atoms with E-state index >= 15 is 0 Å². The highest BCUT2D eigenvalue weighted by atomic mass is 32.1. The molecule has 0 radical (unpaired) electrons. The predicted molar refractivity (Wildman–Crippen MR) is 140 cm³/mol. The van der Waals surface area contributed by atoms with E-state index in [-0.39, 0.29) is 18.4 Å². The number of aliphatic hydroxyl groups excluding tert-OH is 1. The molecule has 1 heterocycles. The number of thiazole rings is 1. The number of aromatic nitrogens is 1. The van der Waals surface area contributed by atoms with Crippen LogP contribution in [0, 0.1) is 5.92 Å². The van der Waals surface area contributed by atoms with Crippen molar-refractivity contribution in [2.24, 2.45) is 5.92 Å². The van der Waals surface area contributed by atoms with E-state index in [9.17, 15) is 14.7 Å². The molecule has 0 saturated heterocycles. The summed E-state index contributed by atoms with van der Waals surface area (Å²) in [5.74, 6) is 0.0356. The van der Waals surface area contributed by atoms with E-state index in [4.69, 9.17) is 4.74 Å². The van der Waals surface area contributed by atoms with E-state index in [0.29, 0.717) is 18.5 Å². The Morgan fingerprint density at radius 1 is 1.11 bits per heavy atom. The Morgan fingerprint density at radius 2 is 1.83 bits per heavy atom. The van der Waals surface area contributed by atoms with Crippen LogP contribution in [-0.4, -0.2) is 57.8 Å². The number of aliphatic hydroxyl groups is 1. The van der Waals surface area contributed by atoms with E-state index in [0.717, 1.165) is 15.8 Å². The molecule has 2 unspecified atom stereocenters. The van der Waals surface area contributed by atoms with Crippen LogP contribution in [0.1, 0.15) is 50.5 Å². The lowest BCUT2D eigenvalue weighted by Crippen LogP contribution is -2.52. The Labute approximate surface area is 211 Å². The number of rotatable bonds is 9. The zero-order valence-electron chi connectivity index (χ0n) is 21.0. The monoisotopic (exact) mass is 497 g/mol. The van der Waals surface area contributed by atoms with Gasteiger partial charge >= 0.3 is 6.09 Å². The second-order valence-electron chi connectivity index (χ2n) is 10.1. The van der Waals surface area contributed by atoms with Crippen molar-refractivity contribution in [2.45, 2.75) is 58.8 Å². The Kier molecular flexibility index (Phi) is 8.86. The fraction of sp³-hybridized carbons (Fsp3) is 0.444. The van der Waals surface area contributed by atoms with Gasteiger partial charge in [-0.15, -0.1) is 11.3 Å². The van der Waals surface area contributed by atoms with E-state index in [1.807, 2.05) is 56.3 Å². The lowest BCUT2D eigenvalue weighted by atomic mass is 10.00. The Bertz CT molecular complexity index is 1120. The molecular weight excluding hydrogens is 462 g/mol. The molecular formula is C27H35N3O4S. The molecule has 3 rings (SSSR count). The van der Waals surface area contributed by atoms with E-state index < -0.39 is 23.8 Å². The van der Waals surface area contributed by atoms with Crippen LogP contribution in [0.5, 0.6) is 0 Å². The fourth-order valence-electron chi connectivity index (χ4n) is 3.82. The third kappa shape index (κ3) is 8.04. The molecule has 2 atom stereocenters. The van der Waals surface area contributed by atoms with Crippen LogP contribution in [0.4, 0.5) is 4.79 Å². The Balaban J connectivity index is 1.81. The Morgan fingerprint density at radius 3 is 2.49 bits per heavy atom. The number of hydrogen-bond donors (Lipinski definition) is 2. The van der Waals surface area contributed by atoms with Gasteiger partial charge in [0.1, 0.15) is 5.60 Å². The second-order valence-corrected chi connectivity index (χ2v) is 11.0. The fourth-order valence-corrected chi connectivity index (χ4v) is 4.53. The number of ether oxygens (including phenoxy) is 1. The van der Waals surface area contributed by atoms with Gasteiger partial charge in [-0.25, -0.2) is 9.78 Å². The van der Waals surface area contributed by atoms with Crippen molar-refractivity contribution in [3.63, 3.8) is 0 Å². The van der Waals surface area contributed by atoms with Crippen LogP contribution in [0.15, 0.2) is 54.0 Å². The number of hydrogen-bond acceptors (Lipinski definition) is 6. The average molecular weight is 498 g/mol.